The van der Waals surface area contributed by atoms with E-state index in [4.69, 9.17) is 16.7 Å². The van der Waals surface area contributed by atoms with Crippen LogP contribution in [0.5, 0.6) is 0 Å². The van der Waals surface area contributed by atoms with E-state index in [2.05, 4.69) is 23.7 Å². The first-order chi connectivity index (χ1) is 18.6. The maximum absolute atomic E-state index is 12.1. The topological polar surface area (TPSA) is 107 Å². The van der Waals surface area contributed by atoms with Crippen LogP contribution >= 0.6 is 11.6 Å². The van der Waals surface area contributed by atoms with Gasteiger partial charge in [-0.15, -0.1) is 0 Å². The molecule has 2 aromatic carbocycles. The highest BCUT2D eigenvalue weighted by atomic mass is 35.5. The fraction of sp³-hybridized carbons (Fsp3) is 0.400. The standard InChI is InChI=1S/C30H37ClN2O5S/c1-3-4-13-20-33-27(16-10-12-19-32-23-14-7-5-8-15-23)30(2,18-11-6-9-17-28(34)35)25-21-24(39(36,37)38)22-26(31)29(25)33/h5,7-8,10,12,14-16,19,21-22H,3-4,6,9,11,13,17-18,20H2,1-2H3,(H,34,35)(H,36,37,38)/b12-10+,27-16+,32-19?. The summed E-state index contributed by atoms with van der Waals surface area (Å²) < 4.78 is 34.0. The van der Waals surface area contributed by atoms with Gasteiger partial charge in [0.05, 0.1) is 21.3 Å². The molecule has 0 fully saturated rings. The summed E-state index contributed by atoms with van der Waals surface area (Å²) in [6, 6.07) is 12.5. The van der Waals surface area contributed by atoms with Gasteiger partial charge in [-0.2, -0.15) is 8.42 Å². The lowest BCUT2D eigenvalue weighted by Crippen LogP contribution is -2.29. The van der Waals surface area contributed by atoms with Crippen molar-refractivity contribution < 1.29 is 22.9 Å². The number of para-hydroxylation sites is 1. The molecule has 0 amide bonds. The van der Waals surface area contributed by atoms with Crippen molar-refractivity contribution in [3.8, 4) is 0 Å². The van der Waals surface area contributed by atoms with E-state index in [1.54, 1.807) is 6.21 Å². The Hall–Kier alpha value is -2.94. The normalized spacial score (nSPS) is 18.5. The molecule has 0 bridgehead atoms. The van der Waals surface area contributed by atoms with Gasteiger partial charge in [0.25, 0.3) is 10.1 Å². The van der Waals surface area contributed by atoms with E-state index in [1.165, 1.54) is 12.1 Å². The highest BCUT2D eigenvalue weighted by Crippen LogP contribution is 2.54. The van der Waals surface area contributed by atoms with Crippen molar-refractivity contribution in [1.29, 1.82) is 0 Å². The van der Waals surface area contributed by atoms with Crippen LogP contribution in [0.3, 0.4) is 0 Å². The van der Waals surface area contributed by atoms with Gasteiger partial charge in [0.1, 0.15) is 0 Å². The molecule has 0 aliphatic carbocycles. The number of carboxylic acids is 1. The number of unbranched alkanes of at least 4 members (excludes halogenated alkanes) is 4. The second-order valence-electron chi connectivity index (χ2n) is 9.97. The van der Waals surface area contributed by atoms with Gasteiger partial charge < -0.3 is 10.0 Å². The van der Waals surface area contributed by atoms with Gasteiger partial charge >= 0.3 is 5.97 Å². The number of benzene rings is 2. The van der Waals surface area contributed by atoms with Crippen molar-refractivity contribution in [2.24, 2.45) is 4.99 Å². The van der Waals surface area contributed by atoms with Gasteiger partial charge in [0.15, 0.2) is 0 Å². The summed E-state index contributed by atoms with van der Waals surface area (Å²) in [5.74, 6) is -0.818. The Morgan fingerprint density at radius 1 is 1.08 bits per heavy atom. The van der Waals surface area contributed by atoms with E-state index in [0.29, 0.717) is 19.4 Å². The summed E-state index contributed by atoms with van der Waals surface area (Å²) in [5, 5.41) is 9.28. The molecule has 1 heterocycles. The Labute approximate surface area is 236 Å². The Morgan fingerprint density at radius 2 is 1.82 bits per heavy atom. The quantitative estimate of drug-likeness (QED) is 0.136. The largest absolute Gasteiger partial charge is 0.481 e. The summed E-state index contributed by atoms with van der Waals surface area (Å²) in [4.78, 5) is 17.3. The van der Waals surface area contributed by atoms with E-state index < -0.39 is 21.5 Å². The minimum Gasteiger partial charge on any atom is -0.481 e. The fourth-order valence-electron chi connectivity index (χ4n) is 5.03. The van der Waals surface area contributed by atoms with Crippen LogP contribution < -0.4 is 4.90 Å². The van der Waals surface area contributed by atoms with E-state index >= 15 is 0 Å². The lowest BCUT2D eigenvalue weighted by molar-refractivity contribution is -0.137. The van der Waals surface area contributed by atoms with Crippen molar-refractivity contribution >= 4 is 45.3 Å². The molecule has 2 N–H and O–H groups in total. The van der Waals surface area contributed by atoms with Gasteiger partial charge in [0, 0.05) is 30.3 Å². The molecule has 1 atom stereocenters. The third-order valence-corrected chi connectivity index (χ3v) is 8.16. The third-order valence-electron chi connectivity index (χ3n) is 7.04. The molecule has 39 heavy (non-hydrogen) atoms. The smallest absolute Gasteiger partial charge is 0.303 e. The molecule has 0 radical (unpaired) electrons. The van der Waals surface area contributed by atoms with Crippen molar-refractivity contribution in [1.82, 2.24) is 0 Å². The average Bonchev–Trinajstić information content (AvgIpc) is 3.11. The van der Waals surface area contributed by atoms with Gasteiger partial charge in [0.2, 0.25) is 0 Å². The number of anilines is 1. The SMILES string of the molecule is CCCCCN1/C(=C/C=C/C=Nc2ccccc2)C(C)(CCCCCC(=O)O)c2cc(S(=O)(=O)O)cc(Cl)c21. The number of rotatable bonds is 14. The minimum atomic E-state index is -4.46. The number of fused-ring (bicyclic) bond motifs is 1. The number of aliphatic imine (C=N–C) groups is 1. The van der Waals surface area contributed by atoms with Crippen LogP contribution in [0.25, 0.3) is 0 Å². The van der Waals surface area contributed by atoms with Crippen LogP contribution in [0, 0.1) is 0 Å². The maximum Gasteiger partial charge on any atom is 0.303 e. The lowest BCUT2D eigenvalue weighted by atomic mass is 9.77. The summed E-state index contributed by atoms with van der Waals surface area (Å²) in [6.45, 7) is 4.90. The van der Waals surface area contributed by atoms with E-state index in [-0.39, 0.29) is 16.3 Å². The molecule has 9 heteroatoms. The van der Waals surface area contributed by atoms with Gasteiger partial charge in [-0.1, -0.05) is 68.5 Å². The first-order valence-electron chi connectivity index (χ1n) is 13.4. The molecule has 0 saturated carbocycles. The molecule has 1 aliphatic heterocycles. The molecule has 0 aromatic heterocycles. The predicted molar refractivity (Wildman–Crippen MR) is 158 cm³/mol. The van der Waals surface area contributed by atoms with Crippen LogP contribution in [0.4, 0.5) is 11.4 Å². The summed E-state index contributed by atoms with van der Waals surface area (Å²) >= 11 is 6.70. The van der Waals surface area contributed by atoms with Gasteiger partial charge in [-0.05, 0) is 68.2 Å². The highest BCUT2D eigenvalue weighted by molar-refractivity contribution is 7.85. The lowest BCUT2D eigenvalue weighted by Gasteiger charge is -2.30. The number of carboxylic acid groups (broad SMARTS) is 1. The zero-order valence-electron chi connectivity index (χ0n) is 22.5. The Morgan fingerprint density at radius 3 is 2.49 bits per heavy atom. The second kappa shape index (κ2) is 13.9. The van der Waals surface area contributed by atoms with Gasteiger partial charge in [-0.3, -0.25) is 14.3 Å². The van der Waals surface area contributed by atoms with Crippen LogP contribution in [0.1, 0.15) is 70.8 Å². The predicted octanol–water partition coefficient (Wildman–Crippen LogP) is 7.73. The van der Waals surface area contributed by atoms with Crippen LogP contribution in [-0.2, 0) is 20.3 Å². The minimum absolute atomic E-state index is 0.112. The first kappa shape index (κ1) is 30.6. The Bertz CT molecular complexity index is 1340. The summed E-state index contributed by atoms with van der Waals surface area (Å²) in [6.07, 6.45) is 13.3. The number of aliphatic carboxylic acids is 1. The van der Waals surface area contributed by atoms with Crippen LogP contribution in [0.15, 0.2) is 76.3 Å². The fourth-order valence-corrected chi connectivity index (χ4v) is 5.95. The maximum atomic E-state index is 12.1. The third kappa shape index (κ3) is 8.03. The van der Waals surface area contributed by atoms with Crippen molar-refractivity contribution in [3.05, 3.63) is 77.0 Å². The van der Waals surface area contributed by atoms with Crippen molar-refractivity contribution in [3.63, 3.8) is 0 Å². The van der Waals surface area contributed by atoms with E-state index in [0.717, 1.165) is 54.7 Å². The van der Waals surface area contributed by atoms with Crippen molar-refractivity contribution in [2.45, 2.75) is 75.5 Å². The number of hydrogen-bond donors (Lipinski definition) is 2. The molecule has 0 spiro atoms. The molecule has 0 saturated heterocycles. The molecule has 7 nitrogen and oxygen atoms in total. The molecule has 1 unspecified atom stereocenters. The zero-order chi connectivity index (χ0) is 28.5. The van der Waals surface area contributed by atoms with Crippen LogP contribution in [-0.4, -0.2) is 36.8 Å². The molecule has 3 rings (SSSR count). The van der Waals surface area contributed by atoms with Crippen molar-refractivity contribution in [2.75, 3.05) is 11.4 Å². The highest BCUT2D eigenvalue weighted by Gasteiger charge is 2.44. The number of nitrogens with zero attached hydrogens (tertiary/aromatic N) is 2. The number of allylic oxidation sites excluding steroid dienone is 4. The van der Waals surface area contributed by atoms with Gasteiger partial charge in [-0.25, -0.2) is 0 Å². The molecule has 210 valence electrons. The molecule has 1 aliphatic rings. The number of carbonyl (C=O) groups is 1. The summed E-state index contributed by atoms with van der Waals surface area (Å²) in [7, 11) is -4.46. The average molecular weight is 573 g/mol. The molecular weight excluding hydrogens is 536 g/mol. The Kier molecular flexibility index (Phi) is 10.9. The van der Waals surface area contributed by atoms with E-state index in [9.17, 15) is 17.8 Å². The Balaban J connectivity index is 2.03. The van der Waals surface area contributed by atoms with E-state index in [1.807, 2.05) is 48.6 Å². The summed E-state index contributed by atoms with van der Waals surface area (Å²) in [5.41, 5.74) is 2.72. The zero-order valence-corrected chi connectivity index (χ0v) is 24.1. The number of hydrogen-bond acceptors (Lipinski definition) is 5. The number of halogens is 1. The van der Waals surface area contributed by atoms with Crippen LogP contribution in [0.2, 0.25) is 5.02 Å². The first-order valence-corrected chi connectivity index (χ1v) is 15.2. The monoisotopic (exact) mass is 572 g/mol. The molecule has 2 aromatic rings. The molecular formula is C30H37ClN2O5S. The second-order valence-corrected chi connectivity index (χ2v) is 11.8.